The van der Waals surface area contributed by atoms with E-state index in [1.54, 1.807) is 11.3 Å². The highest BCUT2D eigenvalue weighted by Crippen LogP contribution is 2.13. The molecule has 0 saturated heterocycles. The summed E-state index contributed by atoms with van der Waals surface area (Å²) >= 11 is 1.75. The normalized spacial score (nSPS) is 10.3. The number of aromatic nitrogens is 1. The standard InChI is InChI=1S/C14H19N3S/c1-2-5-16-13-8-14(10-15-9-13)17-6-3-12-4-7-18-11-12/h4,7-11,16-17H,2-3,5-6H2,1H3. The molecule has 96 valence electrons. The molecule has 3 nitrogen and oxygen atoms in total. The second kappa shape index (κ2) is 7.01. The molecule has 2 aromatic rings. The number of hydrogen-bond donors (Lipinski definition) is 2. The van der Waals surface area contributed by atoms with Gasteiger partial charge in [-0.1, -0.05) is 6.92 Å². The molecule has 2 aromatic heterocycles. The van der Waals surface area contributed by atoms with Gasteiger partial charge in [-0.25, -0.2) is 0 Å². The Morgan fingerprint density at radius 3 is 2.61 bits per heavy atom. The van der Waals surface area contributed by atoms with Gasteiger partial charge < -0.3 is 10.6 Å². The monoisotopic (exact) mass is 261 g/mol. The lowest BCUT2D eigenvalue weighted by atomic mass is 10.2. The lowest BCUT2D eigenvalue weighted by Gasteiger charge is -2.08. The maximum Gasteiger partial charge on any atom is 0.0547 e. The average Bonchev–Trinajstić information content (AvgIpc) is 2.90. The largest absolute Gasteiger partial charge is 0.384 e. The first kappa shape index (κ1) is 12.9. The minimum Gasteiger partial charge on any atom is -0.384 e. The number of nitrogens with zero attached hydrogens (tertiary/aromatic N) is 1. The minimum absolute atomic E-state index is 0.940. The van der Waals surface area contributed by atoms with E-state index in [0.717, 1.165) is 37.3 Å². The van der Waals surface area contributed by atoms with Gasteiger partial charge >= 0.3 is 0 Å². The average molecular weight is 261 g/mol. The van der Waals surface area contributed by atoms with E-state index < -0.39 is 0 Å². The Balaban J connectivity index is 1.81. The van der Waals surface area contributed by atoms with Crippen molar-refractivity contribution in [3.8, 4) is 0 Å². The summed E-state index contributed by atoms with van der Waals surface area (Å²) in [5.41, 5.74) is 3.55. The lowest BCUT2D eigenvalue weighted by molar-refractivity contribution is 0.976. The highest BCUT2D eigenvalue weighted by atomic mass is 32.1. The molecular formula is C14H19N3S. The third-order valence-electron chi connectivity index (χ3n) is 2.64. The fourth-order valence-corrected chi connectivity index (χ4v) is 2.39. The van der Waals surface area contributed by atoms with Crippen LogP contribution in [-0.4, -0.2) is 18.1 Å². The van der Waals surface area contributed by atoms with Gasteiger partial charge in [0.2, 0.25) is 0 Å². The maximum atomic E-state index is 4.23. The van der Waals surface area contributed by atoms with Crippen molar-refractivity contribution in [2.45, 2.75) is 19.8 Å². The molecule has 2 N–H and O–H groups in total. The van der Waals surface area contributed by atoms with Crippen LogP contribution in [0.15, 0.2) is 35.3 Å². The van der Waals surface area contributed by atoms with E-state index in [0.29, 0.717) is 0 Å². The summed E-state index contributed by atoms with van der Waals surface area (Å²) in [6.45, 7) is 4.08. The smallest absolute Gasteiger partial charge is 0.0547 e. The van der Waals surface area contributed by atoms with Gasteiger partial charge in [-0.2, -0.15) is 11.3 Å². The molecule has 0 unspecified atom stereocenters. The highest BCUT2D eigenvalue weighted by molar-refractivity contribution is 7.07. The Labute approximate surface area is 112 Å². The Bertz CT molecular complexity index is 454. The molecule has 18 heavy (non-hydrogen) atoms. The zero-order valence-corrected chi connectivity index (χ0v) is 11.5. The van der Waals surface area contributed by atoms with Crippen LogP contribution in [0.5, 0.6) is 0 Å². The zero-order valence-electron chi connectivity index (χ0n) is 10.6. The van der Waals surface area contributed by atoms with E-state index in [1.165, 1.54) is 5.56 Å². The number of rotatable bonds is 7. The number of hydrogen-bond acceptors (Lipinski definition) is 4. The number of pyridine rings is 1. The predicted octanol–water partition coefficient (Wildman–Crippen LogP) is 3.62. The van der Waals surface area contributed by atoms with Crippen molar-refractivity contribution in [3.63, 3.8) is 0 Å². The van der Waals surface area contributed by atoms with Crippen LogP contribution < -0.4 is 10.6 Å². The van der Waals surface area contributed by atoms with E-state index in [2.05, 4.69) is 45.4 Å². The van der Waals surface area contributed by atoms with Crippen molar-refractivity contribution in [1.82, 2.24) is 4.98 Å². The predicted molar refractivity (Wildman–Crippen MR) is 79.5 cm³/mol. The molecule has 0 fully saturated rings. The summed E-state index contributed by atoms with van der Waals surface area (Å²) in [6, 6.07) is 4.28. The van der Waals surface area contributed by atoms with E-state index in [-0.39, 0.29) is 0 Å². The summed E-state index contributed by atoms with van der Waals surface area (Å²) in [5, 5.41) is 11.1. The molecule has 0 amide bonds. The molecule has 0 saturated carbocycles. The second-order valence-corrected chi connectivity index (χ2v) is 4.98. The summed E-state index contributed by atoms with van der Waals surface area (Å²) in [4.78, 5) is 4.23. The first-order valence-electron chi connectivity index (χ1n) is 6.32. The van der Waals surface area contributed by atoms with Crippen molar-refractivity contribution >= 4 is 22.7 Å². The molecule has 0 aliphatic heterocycles. The zero-order chi connectivity index (χ0) is 12.6. The van der Waals surface area contributed by atoms with Crippen LogP contribution in [0.3, 0.4) is 0 Å². The molecule has 0 bridgehead atoms. The summed E-state index contributed by atoms with van der Waals surface area (Å²) < 4.78 is 0. The van der Waals surface area contributed by atoms with Gasteiger partial charge in [0.25, 0.3) is 0 Å². The van der Waals surface area contributed by atoms with Crippen molar-refractivity contribution < 1.29 is 0 Å². The van der Waals surface area contributed by atoms with Gasteiger partial charge in [0.15, 0.2) is 0 Å². The molecule has 0 radical (unpaired) electrons. The summed E-state index contributed by atoms with van der Waals surface area (Å²) in [6.07, 6.45) is 5.90. The number of nitrogens with one attached hydrogen (secondary N) is 2. The van der Waals surface area contributed by atoms with Gasteiger partial charge in [0.1, 0.15) is 0 Å². The molecule has 0 spiro atoms. The van der Waals surface area contributed by atoms with Crippen LogP contribution >= 0.6 is 11.3 Å². The molecule has 0 aliphatic carbocycles. The second-order valence-electron chi connectivity index (χ2n) is 4.20. The molecule has 4 heteroatoms. The first-order chi connectivity index (χ1) is 8.88. The third kappa shape index (κ3) is 4.04. The molecule has 2 heterocycles. The van der Waals surface area contributed by atoms with Crippen molar-refractivity contribution in [3.05, 3.63) is 40.8 Å². The Kier molecular flexibility index (Phi) is 5.02. The van der Waals surface area contributed by atoms with E-state index >= 15 is 0 Å². The SMILES string of the molecule is CCCNc1cncc(NCCc2ccsc2)c1. The van der Waals surface area contributed by atoms with Crippen LogP contribution in [0.1, 0.15) is 18.9 Å². The van der Waals surface area contributed by atoms with Crippen molar-refractivity contribution in [2.24, 2.45) is 0 Å². The molecule has 0 aromatic carbocycles. The first-order valence-corrected chi connectivity index (χ1v) is 7.26. The third-order valence-corrected chi connectivity index (χ3v) is 3.37. The van der Waals surface area contributed by atoms with E-state index in [1.807, 2.05) is 12.4 Å². The van der Waals surface area contributed by atoms with E-state index in [4.69, 9.17) is 0 Å². The number of anilines is 2. The maximum absolute atomic E-state index is 4.23. The van der Waals surface area contributed by atoms with Crippen LogP contribution in [0, 0.1) is 0 Å². The molecule has 0 aliphatic rings. The van der Waals surface area contributed by atoms with E-state index in [9.17, 15) is 0 Å². The fraction of sp³-hybridized carbons (Fsp3) is 0.357. The van der Waals surface area contributed by atoms with Crippen molar-refractivity contribution in [2.75, 3.05) is 23.7 Å². The van der Waals surface area contributed by atoms with Gasteiger partial charge in [-0.15, -0.1) is 0 Å². The Hall–Kier alpha value is -1.55. The minimum atomic E-state index is 0.940. The molecular weight excluding hydrogens is 242 g/mol. The summed E-state index contributed by atoms with van der Waals surface area (Å²) in [5.74, 6) is 0. The molecule has 0 atom stereocenters. The van der Waals surface area contributed by atoms with Gasteiger partial charge in [0.05, 0.1) is 23.8 Å². The van der Waals surface area contributed by atoms with Gasteiger partial charge in [-0.3, -0.25) is 4.98 Å². The fourth-order valence-electron chi connectivity index (χ4n) is 1.69. The van der Waals surface area contributed by atoms with Crippen LogP contribution in [0.4, 0.5) is 11.4 Å². The summed E-state index contributed by atoms with van der Waals surface area (Å²) in [7, 11) is 0. The molecule has 2 rings (SSSR count). The highest BCUT2D eigenvalue weighted by Gasteiger charge is 1.97. The topological polar surface area (TPSA) is 37.0 Å². The lowest BCUT2D eigenvalue weighted by Crippen LogP contribution is -2.06. The number of thiophene rings is 1. The van der Waals surface area contributed by atoms with Gasteiger partial charge in [0, 0.05) is 13.1 Å². The Morgan fingerprint density at radius 2 is 1.94 bits per heavy atom. The van der Waals surface area contributed by atoms with Crippen LogP contribution in [0.25, 0.3) is 0 Å². The van der Waals surface area contributed by atoms with Gasteiger partial charge in [-0.05, 0) is 41.3 Å². The van der Waals surface area contributed by atoms with Crippen molar-refractivity contribution in [1.29, 1.82) is 0 Å². The van der Waals surface area contributed by atoms with Crippen LogP contribution in [-0.2, 0) is 6.42 Å². The van der Waals surface area contributed by atoms with Crippen LogP contribution in [0.2, 0.25) is 0 Å². The Morgan fingerprint density at radius 1 is 1.17 bits per heavy atom. The quantitative estimate of drug-likeness (QED) is 0.799.